The van der Waals surface area contributed by atoms with Crippen LogP contribution >= 0.6 is 0 Å². The summed E-state index contributed by atoms with van der Waals surface area (Å²) in [5, 5.41) is 9.04. The lowest BCUT2D eigenvalue weighted by Gasteiger charge is -2.07. The molecule has 0 atom stereocenters. The number of rotatable bonds is 7. The van der Waals surface area contributed by atoms with Crippen LogP contribution in [0.5, 0.6) is 5.75 Å². The SMILES string of the molecule is CC(C)=CCC/C(C)=C/COc1ccccc1C(=O)O. The van der Waals surface area contributed by atoms with Gasteiger partial charge in [-0.25, -0.2) is 4.79 Å². The van der Waals surface area contributed by atoms with E-state index in [2.05, 4.69) is 26.8 Å². The Hall–Kier alpha value is -2.03. The Labute approximate surface area is 120 Å². The van der Waals surface area contributed by atoms with Crippen LogP contribution < -0.4 is 4.74 Å². The highest BCUT2D eigenvalue weighted by Crippen LogP contribution is 2.18. The molecule has 0 aliphatic heterocycles. The van der Waals surface area contributed by atoms with Crippen LogP contribution in [0.3, 0.4) is 0 Å². The van der Waals surface area contributed by atoms with E-state index in [1.165, 1.54) is 11.1 Å². The Morgan fingerprint density at radius 2 is 1.90 bits per heavy atom. The summed E-state index contributed by atoms with van der Waals surface area (Å²) in [6, 6.07) is 6.68. The minimum absolute atomic E-state index is 0.197. The predicted octanol–water partition coefficient (Wildman–Crippen LogP) is 4.46. The molecule has 0 spiro atoms. The number of benzene rings is 1. The lowest BCUT2D eigenvalue weighted by molar-refractivity contribution is 0.0693. The normalized spacial score (nSPS) is 11.1. The number of para-hydroxylation sites is 1. The van der Waals surface area contributed by atoms with E-state index in [0.29, 0.717) is 12.4 Å². The molecule has 1 rings (SSSR count). The Morgan fingerprint density at radius 1 is 1.20 bits per heavy atom. The molecule has 3 heteroatoms. The van der Waals surface area contributed by atoms with Crippen LogP contribution in [-0.4, -0.2) is 17.7 Å². The fraction of sp³-hybridized carbons (Fsp3) is 0.353. The van der Waals surface area contributed by atoms with Gasteiger partial charge in [-0.2, -0.15) is 0 Å². The topological polar surface area (TPSA) is 46.5 Å². The van der Waals surface area contributed by atoms with Crippen molar-refractivity contribution in [1.29, 1.82) is 0 Å². The fourth-order valence-corrected chi connectivity index (χ4v) is 1.73. The van der Waals surface area contributed by atoms with Crippen molar-refractivity contribution in [2.24, 2.45) is 0 Å². The highest BCUT2D eigenvalue weighted by Gasteiger charge is 2.09. The molecule has 1 aromatic carbocycles. The van der Waals surface area contributed by atoms with Crippen molar-refractivity contribution in [2.75, 3.05) is 6.61 Å². The maximum Gasteiger partial charge on any atom is 0.339 e. The number of carboxylic acids is 1. The molecule has 0 radical (unpaired) electrons. The van der Waals surface area contributed by atoms with Crippen LogP contribution in [0, 0.1) is 0 Å². The third-order valence-electron chi connectivity index (χ3n) is 2.88. The Kier molecular flexibility index (Phi) is 6.57. The van der Waals surface area contributed by atoms with Gasteiger partial charge < -0.3 is 9.84 Å². The van der Waals surface area contributed by atoms with E-state index in [9.17, 15) is 4.79 Å². The predicted molar refractivity (Wildman–Crippen MR) is 81.3 cm³/mol. The molecule has 0 saturated carbocycles. The number of carbonyl (C=O) groups is 1. The van der Waals surface area contributed by atoms with E-state index in [1.807, 2.05) is 6.08 Å². The summed E-state index contributed by atoms with van der Waals surface area (Å²) >= 11 is 0. The monoisotopic (exact) mass is 274 g/mol. The number of aromatic carboxylic acids is 1. The van der Waals surface area contributed by atoms with Crippen molar-refractivity contribution in [2.45, 2.75) is 33.6 Å². The number of hydrogen-bond donors (Lipinski definition) is 1. The highest BCUT2D eigenvalue weighted by molar-refractivity contribution is 5.90. The van der Waals surface area contributed by atoms with Crippen molar-refractivity contribution in [3.8, 4) is 5.75 Å². The Balaban J connectivity index is 2.51. The maximum atomic E-state index is 11.0. The van der Waals surface area contributed by atoms with Crippen molar-refractivity contribution in [1.82, 2.24) is 0 Å². The Bertz CT molecular complexity index is 509. The van der Waals surface area contributed by atoms with Gasteiger partial charge in [-0.1, -0.05) is 29.4 Å². The molecule has 0 fully saturated rings. The summed E-state index contributed by atoms with van der Waals surface area (Å²) in [5.41, 5.74) is 2.77. The van der Waals surface area contributed by atoms with Crippen LogP contribution in [0.4, 0.5) is 0 Å². The molecule has 0 heterocycles. The molecule has 3 nitrogen and oxygen atoms in total. The van der Waals surface area contributed by atoms with E-state index < -0.39 is 5.97 Å². The third-order valence-corrected chi connectivity index (χ3v) is 2.88. The molecular weight excluding hydrogens is 252 g/mol. The second kappa shape index (κ2) is 8.20. The second-order valence-corrected chi connectivity index (χ2v) is 4.98. The summed E-state index contributed by atoms with van der Waals surface area (Å²) in [5.74, 6) is -0.557. The lowest BCUT2D eigenvalue weighted by Crippen LogP contribution is -2.03. The summed E-state index contributed by atoms with van der Waals surface area (Å²) in [6.45, 7) is 6.63. The van der Waals surface area contributed by atoms with Gasteiger partial charge in [0.15, 0.2) is 0 Å². The first-order valence-electron chi connectivity index (χ1n) is 6.75. The van der Waals surface area contributed by atoms with Gasteiger partial charge >= 0.3 is 5.97 Å². The van der Waals surface area contributed by atoms with E-state index >= 15 is 0 Å². The van der Waals surface area contributed by atoms with Gasteiger partial charge in [0, 0.05) is 0 Å². The van der Waals surface area contributed by atoms with E-state index in [0.717, 1.165) is 12.8 Å². The van der Waals surface area contributed by atoms with Gasteiger partial charge in [0.1, 0.15) is 17.9 Å². The van der Waals surface area contributed by atoms with E-state index in [-0.39, 0.29) is 5.56 Å². The third kappa shape index (κ3) is 5.74. The zero-order valence-electron chi connectivity index (χ0n) is 12.3. The summed E-state index contributed by atoms with van der Waals surface area (Å²) in [6.07, 6.45) is 6.22. The molecule has 0 aliphatic rings. The standard InChI is InChI=1S/C17H22O3/c1-13(2)7-6-8-14(3)11-12-20-16-10-5-4-9-15(16)17(18)19/h4-5,7,9-11H,6,8,12H2,1-3H3,(H,18,19)/b14-11+. The summed E-state index contributed by atoms with van der Waals surface area (Å²) in [4.78, 5) is 11.0. The number of ether oxygens (including phenoxy) is 1. The highest BCUT2D eigenvalue weighted by atomic mass is 16.5. The van der Waals surface area contributed by atoms with Crippen molar-refractivity contribution >= 4 is 5.97 Å². The van der Waals surface area contributed by atoms with Gasteiger partial charge in [0.25, 0.3) is 0 Å². The average molecular weight is 274 g/mol. The van der Waals surface area contributed by atoms with Gasteiger partial charge in [0.2, 0.25) is 0 Å². The van der Waals surface area contributed by atoms with Crippen molar-refractivity contribution in [3.05, 3.63) is 53.1 Å². The van der Waals surface area contributed by atoms with Crippen molar-refractivity contribution in [3.63, 3.8) is 0 Å². The minimum Gasteiger partial charge on any atom is -0.489 e. The summed E-state index contributed by atoms with van der Waals surface area (Å²) in [7, 11) is 0. The number of allylic oxidation sites excluding steroid dienone is 3. The number of hydrogen-bond acceptors (Lipinski definition) is 2. The van der Waals surface area contributed by atoms with E-state index in [1.54, 1.807) is 24.3 Å². The van der Waals surface area contributed by atoms with Gasteiger partial charge in [-0.05, 0) is 51.8 Å². The van der Waals surface area contributed by atoms with Crippen molar-refractivity contribution < 1.29 is 14.6 Å². The molecule has 0 saturated heterocycles. The van der Waals surface area contributed by atoms with Crippen LogP contribution in [0.15, 0.2) is 47.6 Å². The van der Waals surface area contributed by atoms with Crippen LogP contribution in [0.1, 0.15) is 44.0 Å². The largest absolute Gasteiger partial charge is 0.489 e. The molecule has 108 valence electrons. The van der Waals surface area contributed by atoms with E-state index in [4.69, 9.17) is 9.84 Å². The molecule has 1 N–H and O–H groups in total. The Morgan fingerprint density at radius 3 is 2.55 bits per heavy atom. The average Bonchev–Trinajstić information content (AvgIpc) is 2.38. The molecular formula is C17H22O3. The van der Waals surface area contributed by atoms with Gasteiger partial charge in [-0.15, -0.1) is 0 Å². The fourth-order valence-electron chi connectivity index (χ4n) is 1.73. The zero-order chi connectivity index (χ0) is 15.0. The van der Waals surface area contributed by atoms with Gasteiger partial charge in [0.05, 0.1) is 0 Å². The number of carboxylic acid groups (broad SMARTS) is 1. The quantitative estimate of drug-likeness (QED) is 0.747. The maximum absolute atomic E-state index is 11.0. The first kappa shape index (κ1) is 16.0. The molecule has 1 aromatic rings. The first-order chi connectivity index (χ1) is 9.50. The lowest BCUT2D eigenvalue weighted by atomic mass is 10.1. The molecule has 0 amide bonds. The molecule has 0 unspecified atom stereocenters. The van der Waals surface area contributed by atoms with Crippen LogP contribution in [-0.2, 0) is 0 Å². The zero-order valence-corrected chi connectivity index (χ0v) is 12.3. The minimum atomic E-state index is -0.968. The second-order valence-electron chi connectivity index (χ2n) is 4.98. The molecule has 0 bridgehead atoms. The molecule has 20 heavy (non-hydrogen) atoms. The van der Waals surface area contributed by atoms with Crippen LogP contribution in [0.25, 0.3) is 0 Å². The van der Waals surface area contributed by atoms with Gasteiger partial charge in [-0.3, -0.25) is 0 Å². The smallest absolute Gasteiger partial charge is 0.339 e. The molecule has 0 aliphatic carbocycles. The van der Waals surface area contributed by atoms with Crippen LogP contribution in [0.2, 0.25) is 0 Å². The molecule has 0 aromatic heterocycles. The first-order valence-corrected chi connectivity index (χ1v) is 6.75. The summed E-state index contributed by atoms with van der Waals surface area (Å²) < 4.78 is 5.52.